The zero-order chi connectivity index (χ0) is 3.58. The molecule has 0 heterocycles. The van der Waals surface area contributed by atoms with E-state index in [9.17, 15) is 0 Å². The van der Waals surface area contributed by atoms with Gasteiger partial charge in [0.2, 0.25) is 0 Å². The van der Waals surface area contributed by atoms with E-state index in [1.807, 2.05) is 0 Å². The molecule has 0 aromatic rings. The van der Waals surface area contributed by atoms with E-state index in [2.05, 4.69) is 6.92 Å². The van der Waals surface area contributed by atoms with Crippen LogP contribution in [0.4, 0.5) is 0 Å². The van der Waals surface area contributed by atoms with E-state index in [-0.39, 0.29) is 37.7 Å². The fourth-order valence-electron chi connectivity index (χ4n) is 0. The SMILES string of the molecule is [CH2-]C(=O)O.[Ho]. The van der Waals surface area contributed by atoms with Crippen molar-refractivity contribution in [2.75, 3.05) is 0 Å². The van der Waals surface area contributed by atoms with Gasteiger partial charge in [0.05, 0.1) is 0 Å². The molecule has 0 aromatic heterocycles. The molecule has 0 saturated heterocycles. The molecular weight excluding hydrogens is 221 g/mol. The molecule has 0 rings (SSSR count). The third kappa shape index (κ3) is 86.4. The molecule has 0 unspecified atom stereocenters. The first-order valence-corrected chi connectivity index (χ1v) is 0.781. The minimum absolute atomic E-state index is 0. The summed E-state index contributed by atoms with van der Waals surface area (Å²) in [5.74, 6) is -1.08. The van der Waals surface area contributed by atoms with Crippen LogP contribution in [0.25, 0.3) is 0 Å². The summed E-state index contributed by atoms with van der Waals surface area (Å²) in [6.07, 6.45) is 0. The molecule has 1 radical (unpaired) electrons. The summed E-state index contributed by atoms with van der Waals surface area (Å²) in [7, 11) is 0. The van der Waals surface area contributed by atoms with Crippen LogP contribution in [0.15, 0.2) is 0 Å². The van der Waals surface area contributed by atoms with Crippen molar-refractivity contribution >= 4 is 5.97 Å². The van der Waals surface area contributed by atoms with Crippen LogP contribution in [-0.2, 0) is 4.79 Å². The van der Waals surface area contributed by atoms with E-state index < -0.39 is 5.97 Å². The van der Waals surface area contributed by atoms with Crippen molar-refractivity contribution in [3.8, 4) is 0 Å². The average Bonchev–Trinajstić information content (AvgIpc) is 0.811. The largest absolute Gasteiger partial charge is 0.503 e. The fraction of sp³-hybridized carbons (Fsp3) is 0. The summed E-state index contributed by atoms with van der Waals surface area (Å²) in [4.78, 5) is 8.89. The van der Waals surface area contributed by atoms with Crippen LogP contribution in [0.5, 0.6) is 0 Å². The molecule has 35 valence electrons. The van der Waals surface area contributed by atoms with Crippen LogP contribution in [0.2, 0.25) is 0 Å². The minimum atomic E-state index is -1.08. The standard InChI is InChI=1S/C2H3O2.Ho/c1-2(3)4;/h1H2,(H,3,4);/q-1;. The quantitative estimate of drug-likeness (QED) is 0.461. The van der Waals surface area contributed by atoms with Gasteiger partial charge in [0, 0.05) is 37.7 Å². The number of carbonyl (C=O) groups is 1. The Morgan fingerprint density at radius 1 is 1.80 bits per heavy atom. The van der Waals surface area contributed by atoms with Crippen LogP contribution < -0.4 is 0 Å². The van der Waals surface area contributed by atoms with Crippen LogP contribution in [-0.4, -0.2) is 11.1 Å². The number of rotatable bonds is 0. The van der Waals surface area contributed by atoms with Crippen LogP contribution in [0, 0.1) is 44.7 Å². The molecule has 0 saturated carbocycles. The Morgan fingerprint density at radius 2 is 1.80 bits per heavy atom. The van der Waals surface area contributed by atoms with Gasteiger partial charge in [-0.3, -0.25) is 11.7 Å². The minimum Gasteiger partial charge on any atom is -0.503 e. The molecule has 3 heteroatoms. The second-order valence-electron chi connectivity index (χ2n) is 0.394. The van der Waals surface area contributed by atoms with Gasteiger partial charge in [0.15, 0.2) is 5.97 Å². The molecule has 0 aliphatic heterocycles. The van der Waals surface area contributed by atoms with Crippen LogP contribution >= 0.6 is 0 Å². The molecule has 1 N–H and O–H groups in total. The van der Waals surface area contributed by atoms with Crippen molar-refractivity contribution in [1.29, 1.82) is 0 Å². The van der Waals surface area contributed by atoms with Gasteiger partial charge in [-0.05, 0) is 0 Å². The molecule has 0 aliphatic rings. The summed E-state index contributed by atoms with van der Waals surface area (Å²) >= 11 is 0. The van der Waals surface area contributed by atoms with Gasteiger partial charge in [0.25, 0.3) is 0 Å². The Bertz CT molecular complexity index is 30.6. The number of hydrogen-bond acceptors (Lipinski definition) is 1. The Morgan fingerprint density at radius 3 is 1.80 bits per heavy atom. The van der Waals surface area contributed by atoms with Crippen molar-refractivity contribution in [3.05, 3.63) is 6.92 Å². The number of aliphatic carboxylic acids is 1. The third-order valence-corrected chi connectivity index (χ3v) is 0. The maximum Gasteiger partial charge on any atom is 0.161 e. The van der Waals surface area contributed by atoms with Crippen molar-refractivity contribution in [2.24, 2.45) is 0 Å². The van der Waals surface area contributed by atoms with Crippen LogP contribution in [0.1, 0.15) is 0 Å². The molecular formula is C2H3HoO2-. The van der Waals surface area contributed by atoms with E-state index in [4.69, 9.17) is 9.90 Å². The Labute approximate surface area is 60.2 Å². The maximum atomic E-state index is 8.89. The first-order chi connectivity index (χ1) is 1.73. The monoisotopic (exact) mass is 224 g/mol. The topological polar surface area (TPSA) is 37.3 Å². The maximum absolute atomic E-state index is 8.89. The fourth-order valence-corrected chi connectivity index (χ4v) is 0. The van der Waals surface area contributed by atoms with E-state index in [0.717, 1.165) is 0 Å². The summed E-state index contributed by atoms with van der Waals surface area (Å²) in [5, 5.41) is 7.31. The van der Waals surface area contributed by atoms with Crippen molar-refractivity contribution in [2.45, 2.75) is 0 Å². The predicted molar refractivity (Wildman–Crippen MR) is 13.0 cm³/mol. The molecule has 0 spiro atoms. The second-order valence-corrected chi connectivity index (χ2v) is 0.394. The number of carboxylic acid groups (broad SMARTS) is 1. The number of hydrogen-bond donors (Lipinski definition) is 1. The number of carboxylic acids is 1. The van der Waals surface area contributed by atoms with Gasteiger partial charge in [-0.2, -0.15) is 0 Å². The summed E-state index contributed by atoms with van der Waals surface area (Å²) in [5.41, 5.74) is 0. The van der Waals surface area contributed by atoms with Crippen LogP contribution in [0.3, 0.4) is 0 Å². The predicted octanol–water partition coefficient (Wildman–Crippen LogP) is -0.0949. The normalized spacial score (nSPS) is 4.80. The summed E-state index contributed by atoms with van der Waals surface area (Å²) in [6, 6.07) is 0. The Hall–Kier alpha value is 0.600. The molecule has 0 fully saturated rings. The van der Waals surface area contributed by atoms with E-state index in [1.54, 1.807) is 0 Å². The molecule has 5 heavy (non-hydrogen) atoms. The zero-order valence-electron chi connectivity index (χ0n) is 2.36. The van der Waals surface area contributed by atoms with Gasteiger partial charge in [-0.15, -0.1) is 0 Å². The molecule has 0 amide bonds. The molecule has 0 aromatic carbocycles. The zero-order valence-corrected chi connectivity index (χ0v) is 4.30. The van der Waals surface area contributed by atoms with Gasteiger partial charge < -0.3 is 5.11 Å². The van der Waals surface area contributed by atoms with Gasteiger partial charge in [-0.1, -0.05) is 0 Å². The first-order valence-electron chi connectivity index (χ1n) is 0.781. The Balaban J connectivity index is 0. The smallest absolute Gasteiger partial charge is 0.161 e. The van der Waals surface area contributed by atoms with Gasteiger partial charge in [0.1, 0.15) is 0 Å². The van der Waals surface area contributed by atoms with Crippen molar-refractivity contribution in [1.82, 2.24) is 0 Å². The summed E-state index contributed by atoms with van der Waals surface area (Å²) in [6.45, 7) is 2.56. The van der Waals surface area contributed by atoms with Crippen molar-refractivity contribution in [3.63, 3.8) is 0 Å². The van der Waals surface area contributed by atoms with Gasteiger partial charge >= 0.3 is 0 Å². The molecule has 0 aliphatic carbocycles. The van der Waals surface area contributed by atoms with E-state index >= 15 is 0 Å². The first kappa shape index (κ1) is 9.14. The third-order valence-electron chi connectivity index (χ3n) is 0. The van der Waals surface area contributed by atoms with E-state index in [1.165, 1.54) is 0 Å². The second kappa shape index (κ2) is 4.60. The van der Waals surface area contributed by atoms with Crippen molar-refractivity contribution < 1.29 is 47.6 Å². The molecule has 2 nitrogen and oxygen atoms in total. The Kier molecular flexibility index (Phi) is 8.41. The average molecular weight is 224 g/mol. The van der Waals surface area contributed by atoms with E-state index in [0.29, 0.717) is 0 Å². The molecule has 0 bridgehead atoms. The summed E-state index contributed by atoms with van der Waals surface area (Å²) < 4.78 is 0. The molecule has 0 atom stereocenters. The van der Waals surface area contributed by atoms with Gasteiger partial charge in [-0.25, -0.2) is 0 Å².